The summed E-state index contributed by atoms with van der Waals surface area (Å²) in [5, 5.41) is 9.88. The summed E-state index contributed by atoms with van der Waals surface area (Å²) < 4.78 is 4.71. The predicted molar refractivity (Wildman–Crippen MR) is 60.6 cm³/mol. The zero-order valence-electron chi connectivity index (χ0n) is 9.27. The molecule has 0 saturated heterocycles. The van der Waals surface area contributed by atoms with Crippen LogP contribution >= 0.6 is 11.6 Å². The van der Waals surface area contributed by atoms with Crippen molar-refractivity contribution in [1.29, 1.82) is 0 Å². The van der Waals surface area contributed by atoms with E-state index in [4.69, 9.17) is 16.3 Å². The molecule has 0 aliphatic carbocycles. The number of hydrogen-bond acceptors (Lipinski definition) is 5. The molecular formula is C10H12ClN3O3. The molecular weight excluding hydrogens is 246 g/mol. The van der Waals surface area contributed by atoms with Crippen LogP contribution in [0.1, 0.15) is 23.8 Å². The van der Waals surface area contributed by atoms with Gasteiger partial charge in [0, 0.05) is 6.54 Å². The number of aromatic nitrogens is 2. The maximum absolute atomic E-state index is 11.5. The largest absolute Gasteiger partial charge is 0.466 e. The molecule has 1 heterocycles. The molecule has 0 aromatic carbocycles. The second-order valence-electron chi connectivity index (χ2n) is 3.05. The molecule has 7 heteroatoms. The van der Waals surface area contributed by atoms with Crippen LogP contribution in [0.4, 0.5) is 0 Å². The highest BCUT2D eigenvalue weighted by Gasteiger charge is 2.08. The average Bonchev–Trinajstić information content (AvgIpc) is 2.30. The molecule has 0 spiro atoms. The Morgan fingerprint density at radius 2 is 2.18 bits per heavy atom. The van der Waals surface area contributed by atoms with E-state index in [0.29, 0.717) is 6.61 Å². The van der Waals surface area contributed by atoms with Gasteiger partial charge in [0.05, 0.1) is 13.0 Å². The maximum Gasteiger partial charge on any atom is 0.307 e. The molecule has 0 bridgehead atoms. The number of carbonyl (C=O) groups is 2. The van der Waals surface area contributed by atoms with Gasteiger partial charge in [-0.05, 0) is 19.1 Å². The Morgan fingerprint density at radius 3 is 2.76 bits per heavy atom. The lowest BCUT2D eigenvalue weighted by Gasteiger charge is -2.04. The highest BCUT2D eigenvalue weighted by molar-refractivity contribution is 6.29. The zero-order valence-corrected chi connectivity index (χ0v) is 10.0. The summed E-state index contributed by atoms with van der Waals surface area (Å²) >= 11 is 5.53. The minimum Gasteiger partial charge on any atom is -0.466 e. The van der Waals surface area contributed by atoms with Crippen LogP contribution < -0.4 is 5.32 Å². The van der Waals surface area contributed by atoms with Crippen LogP contribution in [0.3, 0.4) is 0 Å². The first kappa shape index (κ1) is 13.4. The van der Waals surface area contributed by atoms with Crippen LogP contribution in [-0.2, 0) is 9.53 Å². The molecule has 0 aliphatic rings. The van der Waals surface area contributed by atoms with Gasteiger partial charge in [0.15, 0.2) is 10.8 Å². The molecule has 0 fully saturated rings. The molecule has 0 aliphatic heterocycles. The van der Waals surface area contributed by atoms with E-state index in [0.717, 1.165) is 0 Å². The minimum atomic E-state index is -0.404. The third-order valence-electron chi connectivity index (χ3n) is 1.78. The third-order valence-corrected chi connectivity index (χ3v) is 1.99. The number of halogens is 1. The van der Waals surface area contributed by atoms with E-state index in [1.165, 1.54) is 12.1 Å². The van der Waals surface area contributed by atoms with Crippen molar-refractivity contribution in [1.82, 2.24) is 15.5 Å². The molecule has 17 heavy (non-hydrogen) atoms. The number of hydrogen-bond donors (Lipinski definition) is 1. The van der Waals surface area contributed by atoms with Gasteiger partial charge in [-0.15, -0.1) is 10.2 Å². The van der Waals surface area contributed by atoms with E-state index in [2.05, 4.69) is 15.5 Å². The second-order valence-corrected chi connectivity index (χ2v) is 3.44. The standard InChI is InChI=1S/C10H12ClN3O3/c1-2-17-9(15)5-6-12-10(16)7-3-4-8(11)14-13-7/h3-4H,2,5-6H2,1H3,(H,12,16). The van der Waals surface area contributed by atoms with E-state index in [1.807, 2.05) is 0 Å². The number of ether oxygens (including phenoxy) is 1. The molecule has 0 radical (unpaired) electrons. The van der Waals surface area contributed by atoms with Crippen LogP contribution in [-0.4, -0.2) is 35.2 Å². The summed E-state index contributed by atoms with van der Waals surface area (Å²) in [6, 6.07) is 2.92. The van der Waals surface area contributed by atoms with Gasteiger partial charge in [-0.3, -0.25) is 9.59 Å². The van der Waals surface area contributed by atoms with Gasteiger partial charge in [-0.25, -0.2) is 0 Å². The van der Waals surface area contributed by atoms with Crippen molar-refractivity contribution in [2.75, 3.05) is 13.2 Å². The van der Waals surface area contributed by atoms with Gasteiger partial charge in [0.25, 0.3) is 5.91 Å². The Morgan fingerprint density at radius 1 is 1.41 bits per heavy atom. The Kier molecular flexibility index (Phi) is 5.35. The Labute approximate surface area is 103 Å². The number of amides is 1. The molecule has 92 valence electrons. The number of rotatable bonds is 5. The Balaban J connectivity index is 2.35. The molecule has 6 nitrogen and oxygen atoms in total. The SMILES string of the molecule is CCOC(=O)CCNC(=O)c1ccc(Cl)nn1. The van der Waals surface area contributed by atoms with Crippen molar-refractivity contribution in [2.24, 2.45) is 0 Å². The van der Waals surface area contributed by atoms with Gasteiger partial charge in [-0.2, -0.15) is 0 Å². The van der Waals surface area contributed by atoms with Crippen LogP contribution in [0.25, 0.3) is 0 Å². The maximum atomic E-state index is 11.5. The lowest BCUT2D eigenvalue weighted by Crippen LogP contribution is -2.27. The number of nitrogens with one attached hydrogen (secondary N) is 1. The van der Waals surface area contributed by atoms with Crippen molar-refractivity contribution < 1.29 is 14.3 Å². The first-order valence-electron chi connectivity index (χ1n) is 5.06. The highest BCUT2D eigenvalue weighted by Crippen LogP contribution is 2.01. The molecule has 0 atom stereocenters. The molecule has 1 aromatic rings. The van der Waals surface area contributed by atoms with E-state index >= 15 is 0 Å². The number of esters is 1. The van der Waals surface area contributed by atoms with Crippen LogP contribution in [0, 0.1) is 0 Å². The van der Waals surface area contributed by atoms with Crippen molar-refractivity contribution in [2.45, 2.75) is 13.3 Å². The van der Waals surface area contributed by atoms with Crippen molar-refractivity contribution >= 4 is 23.5 Å². The summed E-state index contributed by atoms with van der Waals surface area (Å²) in [5.74, 6) is -0.756. The topological polar surface area (TPSA) is 81.2 Å². The van der Waals surface area contributed by atoms with E-state index in [-0.39, 0.29) is 29.8 Å². The third kappa shape index (κ3) is 4.78. The van der Waals surface area contributed by atoms with E-state index < -0.39 is 5.91 Å². The first-order chi connectivity index (χ1) is 8.13. The van der Waals surface area contributed by atoms with Crippen molar-refractivity contribution in [3.05, 3.63) is 23.0 Å². The number of carbonyl (C=O) groups excluding carboxylic acids is 2. The van der Waals surface area contributed by atoms with Gasteiger partial charge >= 0.3 is 5.97 Å². The van der Waals surface area contributed by atoms with E-state index in [1.54, 1.807) is 6.92 Å². The molecule has 1 amide bonds. The van der Waals surface area contributed by atoms with Crippen LogP contribution in [0.2, 0.25) is 5.15 Å². The number of nitrogens with zero attached hydrogens (tertiary/aromatic N) is 2. The van der Waals surface area contributed by atoms with Crippen LogP contribution in [0.5, 0.6) is 0 Å². The first-order valence-corrected chi connectivity index (χ1v) is 5.44. The minimum absolute atomic E-state index is 0.126. The van der Waals surface area contributed by atoms with Gasteiger partial charge in [0.2, 0.25) is 0 Å². The fourth-order valence-corrected chi connectivity index (χ4v) is 1.14. The quantitative estimate of drug-likeness (QED) is 0.790. The molecule has 0 unspecified atom stereocenters. The zero-order chi connectivity index (χ0) is 12.7. The van der Waals surface area contributed by atoms with Gasteiger partial charge < -0.3 is 10.1 Å². The molecule has 1 rings (SSSR count). The normalized spacial score (nSPS) is 9.76. The smallest absolute Gasteiger partial charge is 0.307 e. The van der Waals surface area contributed by atoms with Gasteiger partial charge in [0.1, 0.15) is 0 Å². The average molecular weight is 258 g/mol. The summed E-state index contributed by atoms with van der Waals surface area (Å²) in [7, 11) is 0. The monoisotopic (exact) mass is 257 g/mol. The van der Waals surface area contributed by atoms with Gasteiger partial charge in [-0.1, -0.05) is 11.6 Å². The Bertz CT molecular complexity index is 394. The highest BCUT2D eigenvalue weighted by atomic mass is 35.5. The fraction of sp³-hybridized carbons (Fsp3) is 0.400. The van der Waals surface area contributed by atoms with Crippen molar-refractivity contribution in [3.63, 3.8) is 0 Å². The van der Waals surface area contributed by atoms with E-state index in [9.17, 15) is 9.59 Å². The lowest BCUT2D eigenvalue weighted by molar-refractivity contribution is -0.142. The molecule has 0 saturated carbocycles. The second kappa shape index (κ2) is 6.80. The van der Waals surface area contributed by atoms with Crippen molar-refractivity contribution in [3.8, 4) is 0 Å². The molecule has 1 N–H and O–H groups in total. The van der Waals surface area contributed by atoms with Crippen LogP contribution in [0.15, 0.2) is 12.1 Å². The summed E-state index contributed by atoms with van der Waals surface area (Å²) in [6.45, 7) is 2.25. The summed E-state index contributed by atoms with van der Waals surface area (Å²) in [5.41, 5.74) is 0.151. The predicted octanol–water partition coefficient (Wildman–Crippen LogP) is 0.813. The fourth-order valence-electron chi connectivity index (χ4n) is 1.04. The Hall–Kier alpha value is -1.69. The molecule has 1 aromatic heterocycles. The summed E-state index contributed by atoms with van der Waals surface area (Å²) in [4.78, 5) is 22.5. The lowest BCUT2D eigenvalue weighted by atomic mass is 10.3. The summed E-state index contributed by atoms with van der Waals surface area (Å²) in [6.07, 6.45) is 0.126.